The molecule has 3 fully saturated rings. The van der Waals surface area contributed by atoms with Crippen LogP contribution in [-0.2, 0) is 0 Å². The zero-order valence-electron chi connectivity index (χ0n) is 15.7. The van der Waals surface area contributed by atoms with Gasteiger partial charge in [0, 0.05) is 38.1 Å². The van der Waals surface area contributed by atoms with Crippen molar-refractivity contribution in [1.82, 2.24) is 14.9 Å². The van der Waals surface area contributed by atoms with Crippen LogP contribution in [0, 0.1) is 5.92 Å². The fourth-order valence-electron chi connectivity index (χ4n) is 4.18. The number of aromatic nitrogens is 2. The predicted octanol–water partition coefficient (Wildman–Crippen LogP) is 2.23. The van der Waals surface area contributed by atoms with Crippen LogP contribution in [0.15, 0.2) is 36.8 Å². The number of fused-ring (bicyclic) bond motifs is 4. The second-order valence-corrected chi connectivity index (χ2v) is 7.06. The summed E-state index contributed by atoms with van der Waals surface area (Å²) in [6, 6.07) is 5.57. The molecule has 0 radical (unpaired) electrons. The standard InChI is InChI=1S/C20H24N4O3/c1-26-16-4-3-5-17(27-2)19(16)20(25)24-12-14-6-7-15(24)13-23(11-14)18-10-21-8-9-22-18/h3-5,8-10,14-15H,6-7,11-13H2,1-2H3/t14-,15+/m0/s1. The first-order chi connectivity index (χ1) is 13.2. The molecule has 3 saturated heterocycles. The van der Waals surface area contributed by atoms with E-state index in [1.165, 1.54) is 0 Å². The van der Waals surface area contributed by atoms with Gasteiger partial charge in [-0.25, -0.2) is 4.98 Å². The lowest BCUT2D eigenvalue weighted by Gasteiger charge is -2.36. The first kappa shape index (κ1) is 17.6. The fraction of sp³-hybridized carbons (Fsp3) is 0.450. The maximum atomic E-state index is 13.5. The van der Waals surface area contributed by atoms with Gasteiger partial charge in [-0.1, -0.05) is 6.07 Å². The van der Waals surface area contributed by atoms with Crippen LogP contribution in [-0.4, -0.2) is 60.7 Å². The van der Waals surface area contributed by atoms with E-state index in [0.717, 1.165) is 38.3 Å². The molecular formula is C20H24N4O3. The molecule has 0 spiro atoms. The number of anilines is 1. The van der Waals surface area contributed by atoms with Gasteiger partial charge < -0.3 is 19.3 Å². The van der Waals surface area contributed by atoms with Crippen LogP contribution in [0.2, 0.25) is 0 Å². The molecule has 1 aromatic carbocycles. The van der Waals surface area contributed by atoms with E-state index in [-0.39, 0.29) is 11.9 Å². The lowest BCUT2D eigenvalue weighted by Crippen LogP contribution is -2.47. The Morgan fingerprint density at radius 2 is 1.85 bits per heavy atom. The smallest absolute Gasteiger partial charge is 0.261 e. The molecule has 0 unspecified atom stereocenters. The van der Waals surface area contributed by atoms with Gasteiger partial charge in [0.15, 0.2) is 0 Å². The Morgan fingerprint density at radius 1 is 1.07 bits per heavy atom. The first-order valence-corrected chi connectivity index (χ1v) is 9.24. The summed E-state index contributed by atoms with van der Waals surface area (Å²) < 4.78 is 10.9. The molecule has 5 rings (SSSR count). The summed E-state index contributed by atoms with van der Waals surface area (Å²) in [7, 11) is 3.16. The summed E-state index contributed by atoms with van der Waals surface area (Å²) >= 11 is 0. The van der Waals surface area contributed by atoms with Crippen LogP contribution in [0.4, 0.5) is 5.82 Å². The van der Waals surface area contributed by atoms with Gasteiger partial charge in [0.25, 0.3) is 5.91 Å². The Kier molecular flexibility index (Phi) is 4.83. The number of hydrogen-bond donors (Lipinski definition) is 0. The molecule has 0 aliphatic carbocycles. The van der Waals surface area contributed by atoms with E-state index in [4.69, 9.17) is 9.47 Å². The highest BCUT2D eigenvalue weighted by molar-refractivity contribution is 6.00. The Morgan fingerprint density at radius 3 is 2.52 bits per heavy atom. The van der Waals surface area contributed by atoms with Crippen LogP contribution in [0.25, 0.3) is 0 Å². The topological polar surface area (TPSA) is 67.8 Å². The summed E-state index contributed by atoms with van der Waals surface area (Å²) in [5, 5.41) is 0. The minimum absolute atomic E-state index is 0.0278. The molecule has 1 aromatic heterocycles. The number of benzene rings is 1. The number of carbonyl (C=O) groups is 1. The second-order valence-electron chi connectivity index (χ2n) is 7.06. The molecule has 0 saturated carbocycles. The normalized spacial score (nSPS) is 21.7. The van der Waals surface area contributed by atoms with Gasteiger partial charge in [-0.3, -0.25) is 9.78 Å². The third-order valence-corrected chi connectivity index (χ3v) is 5.49. The molecule has 142 valence electrons. The lowest BCUT2D eigenvalue weighted by atomic mass is 9.94. The average Bonchev–Trinajstić information content (AvgIpc) is 3.05. The summed E-state index contributed by atoms with van der Waals surface area (Å²) in [6.07, 6.45) is 7.30. The van der Waals surface area contributed by atoms with E-state index in [0.29, 0.717) is 23.0 Å². The zero-order chi connectivity index (χ0) is 18.8. The number of hydrogen-bond acceptors (Lipinski definition) is 6. The molecule has 27 heavy (non-hydrogen) atoms. The first-order valence-electron chi connectivity index (χ1n) is 9.24. The minimum atomic E-state index is -0.0278. The number of nitrogens with zero attached hydrogens (tertiary/aromatic N) is 4. The Hall–Kier alpha value is -2.83. The number of amides is 1. The van der Waals surface area contributed by atoms with Crippen LogP contribution < -0.4 is 14.4 Å². The maximum absolute atomic E-state index is 13.5. The predicted molar refractivity (Wildman–Crippen MR) is 101 cm³/mol. The third kappa shape index (κ3) is 3.29. The summed E-state index contributed by atoms with van der Waals surface area (Å²) in [6.45, 7) is 2.39. The van der Waals surface area contributed by atoms with Crippen molar-refractivity contribution in [2.24, 2.45) is 5.92 Å². The average molecular weight is 368 g/mol. The van der Waals surface area contributed by atoms with Gasteiger partial charge >= 0.3 is 0 Å². The van der Waals surface area contributed by atoms with E-state index >= 15 is 0 Å². The summed E-state index contributed by atoms with van der Waals surface area (Å²) in [5.41, 5.74) is 0.501. The molecule has 7 heteroatoms. The molecule has 3 aliphatic rings. The van der Waals surface area contributed by atoms with Crippen molar-refractivity contribution < 1.29 is 14.3 Å². The molecule has 2 atom stereocenters. The van der Waals surface area contributed by atoms with E-state index in [9.17, 15) is 4.79 Å². The van der Waals surface area contributed by atoms with E-state index in [1.54, 1.807) is 44.9 Å². The monoisotopic (exact) mass is 368 g/mol. The van der Waals surface area contributed by atoms with Crippen molar-refractivity contribution in [1.29, 1.82) is 0 Å². The van der Waals surface area contributed by atoms with Crippen molar-refractivity contribution in [3.05, 3.63) is 42.4 Å². The Labute approximate surface area is 158 Å². The van der Waals surface area contributed by atoms with E-state index in [2.05, 4.69) is 14.9 Å². The molecule has 7 nitrogen and oxygen atoms in total. The molecule has 1 amide bonds. The number of rotatable bonds is 4. The van der Waals surface area contributed by atoms with Gasteiger partial charge in [0.2, 0.25) is 0 Å². The minimum Gasteiger partial charge on any atom is -0.496 e. The number of carbonyl (C=O) groups excluding carboxylic acids is 1. The van der Waals surface area contributed by atoms with Gasteiger partial charge in [-0.05, 0) is 30.9 Å². The highest BCUT2D eigenvalue weighted by Gasteiger charge is 2.39. The highest BCUT2D eigenvalue weighted by Crippen LogP contribution is 2.35. The number of methoxy groups -OCH3 is 2. The lowest BCUT2D eigenvalue weighted by molar-refractivity contribution is 0.0585. The highest BCUT2D eigenvalue weighted by atomic mass is 16.5. The van der Waals surface area contributed by atoms with Crippen molar-refractivity contribution in [3.63, 3.8) is 0 Å². The van der Waals surface area contributed by atoms with Gasteiger partial charge in [-0.2, -0.15) is 0 Å². The summed E-state index contributed by atoms with van der Waals surface area (Å²) in [4.78, 5) is 26.3. The molecule has 0 N–H and O–H groups in total. The van der Waals surface area contributed by atoms with Crippen molar-refractivity contribution in [3.8, 4) is 11.5 Å². The fourth-order valence-corrected chi connectivity index (χ4v) is 4.18. The van der Waals surface area contributed by atoms with Crippen LogP contribution >= 0.6 is 0 Å². The Bertz CT molecular complexity index is 792. The van der Waals surface area contributed by atoms with E-state index < -0.39 is 0 Å². The maximum Gasteiger partial charge on any atom is 0.261 e. The van der Waals surface area contributed by atoms with Crippen molar-refractivity contribution in [2.75, 3.05) is 38.8 Å². The van der Waals surface area contributed by atoms with E-state index in [1.807, 2.05) is 11.0 Å². The van der Waals surface area contributed by atoms with Crippen LogP contribution in [0.5, 0.6) is 11.5 Å². The molecule has 2 bridgehead atoms. The quantitative estimate of drug-likeness (QED) is 0.824. The zero-order valence-corrected chi connectivity index (χ0v) is 15.7. The molecule has 3 aliphatic heterocycles. The molecular weight excluding hydrogens is 344 g/mol. The molecule has 4 heterocycles. The van der Waals surface area contributed by atoms with Gasteiger partial charge in [0.1, 0.15) is 22.9 Å². The van der Waals surface area contributed by atoms with Gasteiger partial charge in [-0.15, -0.1) is 0 Å². The third-order valence-electron chi connectivity index (χ3n) is 5.49. The molecule has 2 aromatic rings. The second kappa shape index (κ2) is 7.42. The van der Waals surface area contributed by atoms with Gasteiger partial charge in [0.05, 0.1) is 20.4 Å². The summed E-state index contributed by atoms with van der Waals surface area (Å²) in [5.74, 6) is 2.35. The Balaban J connectivity index is 1.63. The van der Waals surface area contributed by atoms with Crippen LogP contribution in [0.3, 0.4) is 0 Å². The largest absolute Gasteiger partial charge is 0.496 e. The van der Waals surface area contributed by atoms with Crippen molar-refractivity contribution in [2.45, 2.75) is 18.9 Å². The van der Waals surface area contributed by atoms with Crippen LogP contribution in [0.1, 0.15) is 23.2 Å². The van der Waals surface area contributed by atoms with Crippen molar-refractivity contribution >= 4 is 11.7 Å². The number of ether oxygens (including phenoxy) is 2. The number of piperidine rings is 1. The SMILES string of the molecule is COc1cccc(OC)c1C(=O)N1C[C@H]2CC[C@@H]1CN(c1cnccn1)C2.